The van der Waals surface area contributed by atoms with Gasteiger partial charge in [-0.3, -0.25) is 13.9 Å². The monoisotopic (exact) mass is 682 g/mol. The van der Waals surface area contributed by atoms with Crippen molar-refractivity contribution in [2.75, 3.05) is 12.3 Å². The summed E-state index contributed by atoms with van der Waals surface area (Å²) in [7, 11) is -6.40. The Hall–Kier alpha value is -3.65. The summed E-state index contributed by atoms with van der Waals surface area (Å²) in [6.07, 6.45) is 1.85. The number of carbonyl (C=O) groups excluding carboxylic acids is 1. The molecule has 1 aliphatic rings. The van der Waals surface area contributed by atoms with Gasteiger partial charge in [0, 0.05) is 6.42 Å². The van der Waals surface area contributed by atoms with Crippen LogP contribution in [-0.2, 0) is 34.4 Å². The van der Waals surface area contributed by atoms with Gasteiger partial charge in [-0.15, -0.1) is 0 Å². The zero-order valence-corrected chi connectivity index (χ0v) is 29.4. The van der Waals surface area contributed by atoms with Gasteiger partial charge in [-0.05, 0) is 42.8 Å². The fraction of sp³-hybridized carbons (Fsp3) is 0.438. The van der Waals surface area contributed by atoms with E-state index >= 15 is 0 Å². The van der Waals surface area contributed by atoms with Crippen molar-refractivity contribution in [3.8, 4) is 5.75 Å². The first-order valence-electron chi connectivity index (χ1n) is 15.5. The van der Waals surface area contributed by atoms with Crippen molar-refractivity contribution in [2.45, 2.75) is 83.3 Å². The van der Waals surface area contributed by atoms with Crippen LogP contribution in [0.15, 0.2) is 73.3 Å². The number of hydrogen-bond donors (Lipinski definition) is 2. The van der Waals surface area contributed by atoms with E-state index in [1.165, 1.54) is 6.33 Å². The second-order valence-corrected chi connectivity index (χ2v) is 19.5. The SMILES string of the molecule is C[C@H](NP(=O)(OC[C@@H]1C[C@@H](O[Si](C)(C)C(C)(C)C)[C@H](n2cnc3c(N)ncnc32)O1)Oc1ccccc1)C(=O)OCc1ccccc1. The van der Waals surface area contributed by atoms with E-state index in [1.807, 2.05) is 36.4 Å². The van der Waals surface area contributed by atoms with Gasteiger partial charge in [0.2, 0.25) is 0 Å². The second kappa shape index (κ2) is 14.2. The molecule has 5 rings (SSSR count). The highest BCUT2D eigenvalue weighted by molar-refractivity contribution is 7.52. The Labute approximate surface area is 275 Å². The number of fused-ring (bicyclic) bond motifs is 1. The molecule has 1 unspecified atom stereocenters. The van der Waals surface area contributed by atoms with Crippen LogP contribution >= 0.6 is 7.75 Å². The normalized spacial score (nSPS) is 20.5. The Morgan fingerprint density at radius 2 is 1.79 bits per heavy atom. The first kappa shape index (κ1) is 34.7. The van der Waals surface area contributed by atoms with Crippen molar-refractivity contribution < 1.29 is 32.3 Å². The number of imidazole rings is 1. The van der Waals surface area contributed by atoms with Gasteiger partial charge in [-0.2, -0.15) is 5.09 Å². The molecule has 0 amide bonds. The summed E-state index contributed by atoms with van der Waals surface area (Å²) >= 11 is 0. The number of rotatable bonds is 13. The Morgan fingerprint density at radius 1 is 1.11 bits per heavy atom. The highest BCUT2D eigenvalue weighted by atomic mass is 31.2. The van der Waals surface area contributed by atoms with E-state index in [1.54, 1.807) is 42.1 Å². The lowest BCUT2D eigenvalue weighted by Gasteiger charge is -2.39. The molecule has 0 radical (unpaired) electrons. The fourth-order valence-corrected chi connectivity index (χ4v) is 7.67. The number of hydrogen-bond acceptors (Lipinski definition) is 11. The molecule has 47 heavy (non-hydrogen) atoms. The highest BCUT2D eigenvalue weighted by Gasteiger charge is 2.46. The van der Waals surface area contributed by atoms with Gasteiger partial charge < -0.3 is 24.2 Å². The summed E-state index contributed by atoms with van der Waals surface area (Å²) in [5.41, 5.74) is 7.86. The van der Waals surface area contributed by atoms with Crippen molar-refractivity contribution in [3.05, 3.63) is 78.9 Å². The van der Waals surface area contributed by atoms with Crippen LogP contribution < -0.4 is 15.3 Å². The average molecular weight is 683 g/mol. The zero-order valence-electron chi connectivity index (χ0n) is 27.5. The molecule has 4 aromatic rings. The Balaban J connectivity index is 1.34. The summed E-state index contributed by atoms with van der Waals surface area (Å²) < 4.78 is 46.7. The predicted octanol–water partition coefficient (Wildman–Crippen LogP) is 6.01. The van der Waals surface area contributed by atoms with Crippen molar-refractivity contribution in [3.63, 3.8) is 0 Å². The number of anilines is 1. The van der Waals surface area contributed by atoms with Gasteiger partial charge >= 0.3 is 13.7 Å². The minimum absolute atomic E-state index is 0.0653. The minimum atomic E-state index is -4.13. The predicted molar refractivity (Wildman–Crippen MR) is 180 cm³/mol. The molecule has 1 saturated heterocycles. The molecule has 15 heteroatoms. The van der Waals surface area contributed by atoms with Crippen molar-refractivity contribution in [2.24, 2.45) is 0 Å². The Morgan fingerprint density at radius 3 is 2.47 bits per heavy atom. The first-order chi connectivity index (χ1) is 22.2. The molecule has 0 saturated carbocycles. The van der Waals surface area contributed by atoms with Crippen LogP contribution in [0.2, 0.25) is 18.1 Å². The van der Waals surface area contributed by atoms with Gasteiger partial charge in [0.25, 0.3) is 0 Å². The standard InChI is InChI=1S/C32H43N6O7PSi/c1-22(31(39)41-18-23-13-9-7-10-14-23)37-46(40,44-24-15-11-8-12-16-24)42-19-25-17-26(45-47(5,6)32(2,3)4)30(43-25)38-21-36-27-28(33)34-20-35-29(27)38/h7-16,20-22,25-26,30H,17-19H2,1-6H3,(H,37,40)(H2,33,34,35)/t22-,25-,26+,30+,46?/m0/s1. The van der Waals surface area contributed by atoms with Crippen LogP contribution in [0, 0.1) is 0 Å². The van der Waals surface area contributed by atoms with Crippen LogP contribution in [0.3, 0.4) is 0 Å². The zero-order chi connectivity index (χ0) is 33.8. The number of benzene rings is 2. The molecule has 0 spiro atoms. The molecule has 1 aliphatic heterocycles. The summed E-state index contributed by atoms with van der Waals surface area (Å²) in [5, 5.41) is 2.69. The van der Waals surface area contributed by atoms with E-state index in [2.05, 4.69) is 53.9 Å². The Bertz CT molecular complexity index is 1700. The summed E-state index contributed by atoms with van der Waals surface area (Å²) in [6, 6.07) is 16.9. The largest absolute Gasteiger partial charge is 0.460 e. The van der Waals surface area contributed by atoms with Gasteiger partial charge in [-0.1, -0.05) is 69.3 Å². The topological polar surface area (TPSA) is 162 Å². The quantitative estimate of drug-likeness (QED) is 0.0961. The van der Waals surface area contributed by atoms with Crippen LogP contribution in [0.4, 0.5) is 5.82 Å². The summed E-state index contributed by atoms with van der Waals surface area (Å²) in [6.45, 7) is 12.3. The van der Waals surface area contributed by atoms with Gasteiger partial charge in [-0.25, -0.2) is 19.5 Å². The van der Waals surface area contributed by atoms with Gasteiger partial charge in [0.05, 0.1) is 25.1 Å². The van der Waals surface area contributed by atoms with E-state index in [9.17, 15) is 9.36 Å². The summed E-state index contributed by atoms with van der Waals surface area (Å²) in [4.78, 5) is 25.8. The Kier molecular flexibility index (Phi) is 10.5. The second-order valence-electron chi connectivity index (χ2n) is 13.0. The first-order valence-corrected chi connectivity index (χ1v) is 19.9. The third kappa shape index (κ3) is 8.45. The maximum Gasteiger partial charge on any atom is 0.459 e. The van der Waals surface area contributed by atoms with E-state index < -0.39 is 46.5 Å². The van der Waals surface area contributed by atoms with Gasteiger partial charge in [0.1, 0.15) is 30.2 Å². The molecule has 3 heterocycles. The number of nitrogens with zero attached hydrogens (tertiary/aromatic N) is 4. The third-order valence-electron chi connectivity index (χ3n) is 8.39. The molecule has 2 aromatic carbocycles. The number of esters is 1. The molecular weight excluding hydrogens is 639 g/mol. The van der Waals surface area contributed by atoms with Crippen molar-refractivity contribution in [1.82, 2.24) is 24.6 Å². The molecule has 3 N–H and O–H groups in total. The molecule has 0 bridgehead atoms. The number of para-hydroxylation sites is 1. The number of nitrogens with one attached hydrogen (secondary N) is 1. The van der Waals surface area contributed by atoms with E-state index in [0.29, 0.717) is 23.3 Å². The average Bonchev–Trinajstić information content (AvgIpc) is 3.63. The van der Waals surface area contributed by atoms with E-state index in [4.69, 9.17) is 28.7 Å². The van der Waals surface area contributed by atoms with Crippen LogP contribution in [0.25, 0.3) is 11.2 Å². The lowest BCUT2D eigenvalue weighted by molar-refractivity contribution is -0.146. The molecule has 13 nitrogen and oxygen atoms in total. The lowest BCUT2D eigenvalue weighted by Crippen LogP contribution is -2.45. The van der Waals surface area contributed by atoms with Crippen molar-refractivity contribution in [1.29, 1.82) is 0 Å². The number of carbonyl (C=O) groups is 1. The molecule has 5 atom stereocenters. The number of nitrogens with two attached hydrogens (primary N) is 1. The van der Waals surface area contributed by atoms with Crippen molar-refractivity contribution >= 4 is 39.0 Å². The summed E-state index contributed by atoms with van der Waals surface area (Å²) in [5.74, 6) is -0.0442. The van der Waals surface area contributed by atoms with Crippen LogP contribution in [0.1, 0.15) is 45.9 Å². The number of ether oxygens (including phenoxy) is 2. The third-order valence-corrected chi connectivity index (χ3v) is 14.5. The maximum absolute atomic E-state index is 14.2. The number of aromatic nitrogens is 4. The van der Waals surface area contributed by atoms with E-state index in [-0.39, 0.29) is 24.1 Å². The van der Waals surface area contributed by atoms with Crippen LogP contribution in [0.5, 0.6) is 5.75 Å². The number of nitrogen functional groups attached to an aromatic ring is 1. The van der Waals surface area contributed by atoms with Gasteiger partial charge in [0.15, 0.2) is 26.0 Å². The molecular formula is C32H43N6O7PSi. The molecule has 1 fully saturated rings. The molecule has 0 aliphatic carbocycles. The smallest absolute Gasteiger partial charge is 0.459 e. The van der Waals surface area contributed by atoms with Crippen LogP contribution in [-0.4, -0.2) is 58.7 Å². The maximum atomic E-state index is 14.2. The molecule has 2 aromatic heterocycles. The van der Waals surface area contributed by atoms with E-state index in [0.717, 1.165) is 5.56 Å². The highest BCUT2D eigenvalue weighted by Crippen LogP contribution is 2.47. The minimum Gasteiger partial charge on any atom is -0.460 e. The molecule has 252 valence electrons. The fourth-order valence-electron chi connectivity index (χ4n) is 4.82. The lowest BCUT2D eigenvalue weighted by atomic mass is 10.2.